The van der Waals surface area contributed by atoms with Gasteiger partial charge in [0.15, 0.2) is 0 Å². The Morgan fingerprint density at radius 3 is 2.58 bits per heavy atom. The topological polar surface area (TPSA) is 39.1 Å². The highest BCUT2D eigenvalue weighted by Gasteiger charge is 2.33. The Kier molecular flexibility index (Phi) is 4.73. The molecule has 0 atom stereocenters. The van der Waals surface area contributed by atoms with Gasteiger partial charge in [0.25, 0.3) is 0 Å². The van der Waals surface area contributed by atoms with E-state index in [1.54, 1.807) is 0 Å². The third-order valence-electron chi connectivity index (χ3n) is 3.76. The monoisotopic (exact) mass is 255 g/mol. The summed E-state index contributed by atoms with van der Waals surface area (Å²) in [4.78, 5) is 2.42. The Labute approximate surface area is 115 Å². The van der Waals surface area contributed by atoms with Crippen molar-refractivity contribution in [3.8, 4) is 6.07 Å². The first-order chi connectivity index (χ1) is 9.28. The molecule has 0 radical (unpaired) electrons. The third kappa shape index (κ3) is 3.66. The van der Waals surface area contributed by atoms with Gasteiger partial charge in [0.1, 0.15) is 5.54 Å². The minimum absolute atomic E-state index is 0.360. The largest absolute Gasteiger partial charge is 0.299 e. The number of nitrogens with one attached hydrogen (secondary N) is 1. The van der Waals surface area contributed by atoms with E-state index in [1.807, 2.05) is 12.1 Å². The van der Waals surface area contributed by atoms with Gasteiger partial charge in [0, 0.05) is 26.2 Å². The van der Waals surface area contributed by atoms with E-state index in [2.05, 4.69) is 47.1 Å². The molecule has 3 heteroatoms. The minimum atomic E-state index is -0.360. The van der Waals surface area contributed by atoms with Crippen LogP contribution in [0.1, 0.15) is 18.4 Å². The first kappa shape index (κ1) is 13.8. The van der Waals surface area contributed by atoms with Crippen LogP contribution in [0.15, 0.2) is 43.0 Å². The van der Waals surface area contributed by atoms with Crippen molar-refractivity contribution in [2.24, 2.45) is 0 Å². The number of likely N-dealkylation sites (tertiary alicyclic amines) is 1. The maximum Gasteiger partial charge on any atom is 0.109 e. The Morgan fingerprint density at radius 1 is 1.32 bits per heavy atom. The first-order valence-electron chi connectivity index (χ1n) is 6.81. The molecule has 0 spiro atoms. The van der Waals surface area contributed by atoms with Gasteiger partial charge in [-0.15, -0.1) is 6.58 Å². The van der Waals surface area contributed by atoms with E-state index >= 15 is 0 Å². The molecule has 1 N–H and O–H groups in total. The molecular formula is C16H21N3. The van der Waals surface area contributed by atoms with Gasteiger partial charge >= 0.3 is 0 Å². The average Bonchev–Trinajstić information content (AvgIpc) is 2.48. The zero-order chi connectivity index (χ0) is 13.6. The van der Waals surface area contributed by atoms with Crippen LogP contribution < -0.4 is 5.32 Å². The van der Waals surface area contributed by atoms with Crippen molar-refractivity contribution in [2.75, 3.05) is 19.6 Å². The van der Waals surface area contributed by atoms with Crippen LogP contribution in [0.25, 0.3) is 0 Å². The molecular weight excluding hydrogens is 234 g/mol. The molecule has 1 fully saturated rings. The Morgan fingerprint density at radius 2 is 2.00 bits per heavy atom. The fourth-order valence-corrected chi connectivity index (χ4v) is 2.53. The van der Waals surface area contributed by atoms with Gasteiger partial charge in [0.05, 0.1) is 6.07 Å². The lowest BCUT2D eigenvalue weighted by atomic mass is 9.88. The third-order valence-corrected chi connectivity index (χ3v) is 3.76. The van der Waals surface area contributed by atoms with Crippen LogP contribution in [0.5, 0.6) is 0 Å². The quantitative estimate of drug-likeness (QED) is 0.821. The maximum atomic E-state index is 9.38. The van der Waals surface area contributed by atoms with E-state index in [0.717, 1.165) is 32.5 Å². The lowest BCUT2D eigenvalue weighted by molar-refractivity contribution is 0.163. The van der Waals surface area contributed by atoms with Crippen molar-refractivity contribution >= 4 is 0 Å². The Balaban J connectivity index is 1.88. The van der Waals surface area contributed by atoms with Crippen LogP contribution >= 0.6 is 0 Å². The highest BCUT2D eigenvalue weighted by atomic mass is 15.2. The molecule has 0 aliphatic carbocycles. The van der Waals surface area contributed by atoms with E-state index < -0.39 is 0 Å². The molecule has 1 aromatic rings. The summed E-state index contributed by atoms with van der Waals surface area (Å²) in [5.41, 5.74) is 0.979. The predicted molar refractivity (Wildman–Crippen MR) is 77.5 cm³/mol. The summed E-state index contributed by atoms with van der Waals surface area (Å²) in [6, 6.07) is 12.9. The number of benzene rings is 1. The Hall–Kier alpha value is -1.63. The molecule has 0 bridgehead atoms. The van der Waals surface area contributed by atoms with Crippen LogP contribution in [0.3, 0.4) is 0 Å². The van der Waals surface area contributed by atoms with E-state index in [9.17, 15) is 5.26 Å². The Bertz CT molecular complexity index is 439. The fourth-order valence-electron chi connectivity index (χ4n) is 2.53. The highest BCUT2D eigenvalue weighted by molar-refractivity contribution is 5.15. The second kappa shape index (κ2) is 6.51. The lowest BCUT2D eigenvalue weighted by Crippen LogP contribution is -2.52. The van der Waals surface area contributed by atoms with Crippen molar-refractivity contribution in [3.05, 3.63) is 48.6 Å². The molecule has 19 heavy (non-hydrogen) atoms. The van der Waals surface area contributed by atoms with Crippen LogP contribution in [-0.2, 0) is 6.54 Å². The van der Waals surface area contributed by atoms with Crippen LogP contribution in [0, 0.1) is 11.3 Å². The van der Waals surface area contributed by atoms with Crippen molar-refractivity contribution in [3.63, 3.8) is 0 Å². The predicted octanol–water partition coefficient (Wildman–Crippen LogP) is 2.32. The van der Waals surface area contributed by atoms with Crippen molar-refractivity contribution in [1.82, 2.24) is 10.2 Å². The zero-order valence-electron chi connectivity index (χ0n) is 11.3. The van der Waals surface area contributed by atoms with Gasteiger partial charge in [-0.1, -0.05) is 36.4 Å². The molecule has 2 rings (SSSR count). The smallest absolute Gasteiger partial charge is 0.109 e. The summed E-state index contributed by atoms with van der Waals surface area (Å²) >= 11 is 0. The summed E-state index contributed by atoms with van der Waals surface area (Å²) < 4.78 is 0. The molecule has 0 unspecified atom stereocenters. The maximum absolute atomic E-state index is 9.38. The second-order valence-electron chi connectivity index (χ2n) is 5.13. The van der Waals surface area contributed by atoms with E-state index in [1.165, 1.54) is 5.56 Å². The van der Waals surface area contributed by atoms with E-state index in [0.29, 0.717) is 6.54 Å². The number of hydrogen-bond donors (Lipinski definition) is 1. The van der Waals surface area contributed by atoms with Crippen molar-refractivity contribution in [2.45, 2.75) is 24.9 Å². The summed E-state index contributed by atoms with van der Waals surface area (Å²) in [6.07, 6.45) is 3.57. The summed E-state index contributed by atoms with van der Waals surface area (Å²) in [5.74, 6) is 0. The number of hydrogen-bond acceptors (Lipinski definition) is 3. The van der Waals surface area contributed by atoms with E-state index in [4.69, 9.17) is 0 Å². The lowest BCUT2D eigenvalue weighted by Gasteiger charge is -2.37. The second-order valence-corrected chi connectivity index (χ2v) is 5.13. The number of piperidine rings is 1. The number of nitrogens with zero attached hydrogens (tertiary/aromatic N) is 2. The fraction of sp³-hybridized carbons (Fsp3) is 0.438. The van der Waals surface area contributed by atoms with E-state index in [-0.39, 0.29) is 5.54 Å². The molecule has 0 aromatic heterocycles. The number of rotatable bonds is 5. The molecule has 1 aliphatic rings. The van der Waals surface area contributed by atoms with Gasteiger partial charge in [-0.05, 0) is 18.4 Å². The van der Waals surface area contributed by atoms with Crippen LogP contribution in [0.2, 0.25) is 0 Å². The first-order valence-corrected chi connectivity index (χ1v) is 6.81. The van der Waals surface area contributed by atoms with Gasteiger partial charge in [-0.25, -0.2) is 0 Å². The summed E-state index contributed by atoms with van der Waals surface area (Å²) in [7, 11) is 0. The summed E-state index contributed by atoms with van der Waals surface area (Å²) in [5, 5.41) is 12.7. The van der Waals surface area contributed by atoms with Crippen LogP contribution in [0.4, 0.5) is 0 Å². The molecule has 1 aliphatic heterocycles. The number of nitriles is 1. The van der Waals surface area contributed by atoms with Gasteiger partial charge in [0.2, 0.25) is 0 Å². The van der Waals surface area contributed by atoms with Gasteiger partial charge in [-0.2, -0.15) is 5.26 Å². The minimum Gasteiger partial charge on any atom is -0.299 e. The zero-order valence-corrected chi connectivity index (χ0v) is 11.3. The van der Waals surface area contributed by atoms with Crippen LogP contribution in [-0.4, -0.2) is 30.1 Å². The van der Waals surface area contributed by atoms with Crippen molar-refractivity contribution < 1.29 is 0 Å². The average molecular weight is 255 g/mol. The highest BCUT2D eigenvalue weighted by Crippen LogP contribution is 2.22. The molecule has 1 aromatic carbocycles. The molecule has 1 saturated heterocycles. The van der Waals surface area contributed by atoms with Gasteiger partial charge in [-0.3, -0.25) is 10.2 Å². The molecule has 0 saturated carbocycles. The van der Waals surface area contributed by atoms with Gasteiger partial charge < -0.3 is 0 Å². The normalized spacial score (nSPS) is 18.7. The standard InChI is InChI=1S/C16H21N3/c1-2-10-18-16(14-17)8-11-19(12-9-16)13-15-6-4-3-5-7-15/h2-7,18H,1,8-13H2. The van der Waals surface area contributed by atoms with Crippen molar-refractivity contribution in [1.29, 1.82) is 5.26 Å². The molecule has 100 valence electrons. The molecule has 0 amide bonds. The summed E-state index contributed by atoms with van der Waals surface area (Å²) in [6.45, 7) is 7.31. The molecule has 1 heterocycles. The molecule has 3 nitrogen and oxygen atoms in total. The SMILES string of the molecule is C=CCNC1(C#N)CCN(Cc2ccccc2)CC1.